The third kappa shape index (κ3) is 22.3. The molecule has 0 aromatic heterocycles. The highest BCUT2D eigenvalue weighted by Crippen LogP contribution is 2.38. The number of ether oxygens (including phenoxy) is 1. The molecule has 28 heavy (non-hydrogen) atoms. The number of likely N-dealkylation sites (N-methyl/N-ethyl adjacent to an activating group) is 1. The first-order chi connectivity index (χ1) is 13.3. The lowest BCUT2D eigenvalue weighted by Crippen LogP contribution is -2.37. The molecule has 7 heteroatoms. The van der Waals surface area contributed by atoms with Gasteiger partial charge in [0.2, 0.25) is 0 Å². The molecule has 0 spiro atoms. The lowest BCUT2D eigenvalue weighted by Gasteiger charge is -2.27. The Morgan fingerprint density at radius 1 is 0.679 bits per heavy atom. The molecule has 0 fully saturated rings. The molecule has 0 rings (SSSR count). The van der Waals surface area contributed by atoms with E-state index in [-0.39, 0.29) is 13.2 Å². The Labute approximate surface area is 174 Å². The van der Waals surface area contributed by atoms with E-state index < -0.39 is 7.82 Å². The van der Waals surface area contributed by atoms with Crippen LogP contribution in [0.15, 0.2) is 0 Å². The van der Waals surface area contributed by atoms with Gasteiger partial charge in [0.05, 0.1) is 27.7 Å². The number of rotatable bonds is 21. The van der Waals surface area contributed by atoms with Crippen LogP contribution in [0.25, 0.3) is 0 Å². The molecule has 0 aliphatic rings. The van der Waals surface area contributed by atoms with Gasteiger partial charge in [0, 0.05) is 13.2 Å². The molecular formula is C21H46NO5P. The molecule has 0 saturated carbocycles. The maximum atomic E-state index is 11.6. The SMILES string of the molecule is CCCCCCCCOCCCCCCCCOP(=O)([O-])OCC[N+](C)(C)C. The summed E-state index contributed by atoms with van der Waals surface area (Å²) in [6.07, 6.45) is 14.1. The lowest BCUT2D eigenvalue weighted by molar-refractivity contribution is -0.870. The molecule has 0 saturated heterocycles. The average Bonchev–Trinajstić information content (AvgIpc) is 2.60. The number of unbranched alkanes of at least 4 members (excludes halogenated alkanes) is 10. The summed E-state index contributed by atoms with van der Waals surface area (Å²) in [5.41, 5.74) is 0. The van der Waals surface area contributed by atoms with Crippen molar-refractivity contribution in [3.05, 3.63) is 0 Å². The summed E-state index contributed by atoms with van der Waals surface area (Å²) in [7, 11) is 1.82. The van der Waals surface area contributed by atoms with Gasteiger partial charge in [0.1, 0.15) is 13.2 Å². The van der Waals surface area contributed by atoms with Crippen LogP contribution >= 0.6 is 7.82 Å². The fraction of sp³-hybridized carbons (Fsp3) is 1.00. The van der Waals surface area contributed by atoms with Crippen molar-refractivity contribution in [2.45, 2.75) is 84.0 Å². The van der Waals surface area contributed by atoms with Gasteiger partial charge in [-0.15, -0.1) is 0 Å². The van der Waals surface area contributed by atoms with Gasteiger partial charge in [-0.05, 0) is 19.3 Å². The van der Waals surface area contributed by atoms with E-state index in [4.69, 9.17) is 13.8 Å². The van der Waals surface area contributed by atoms with Gasteiger partial charge >= 0.3 is 0 Å². The van der Waals surface area contributed by atoms with Gasteiger partial charge < -0.3 is 23.2 Å². The zero-order valence-electron chi connectivity index (χ0n) is 19.0. The Bertz CT molecular complexity index is 387. The van der Waals surface area contributed by atoms with Gasteiger partial charge in [-0.25, -0.2) is 0 Å². The van der Waals surface area contributed by atoms with Gasteiger partial charge in [0.15, 0.2) is 0 Å². The molecule has 1 unspecified atom stereocenters. The Balaban J connectivity index is 3.29. The van der Waals surface area contributed by atoms with Crippen molar-refractivity contribution in [2.24, 2.45) is 0 Å². The van der Waals surface area contributed by atoms with Crippen LogP contribution in [-0.2, 0) is 18.3 Å². The van der Waals surface area contributed by atoms with E-state index in [0.717, 1.165) is 45.3 Å². The number of phosphoric acid groups is 1. The standard InChI is InChI=1S/C21H46NO5P/c1-5-6-7-8-11-14-18-25-19-15-12-9-10-13-16-20-26-28(23,24)27-21-17-22(2,3)4/h5-21H2,1-4H3. The van der Waals surface area contributed by atoms with Crippen LogP contribution < -0.4 is 4.89 Å². The predicted octanol–water partition coefficient (Wildman–Crippen LogP) is 4.91. The quantitative estimate of drug-likeness (QED) is 0.149. The minimum absolute atomic E-state index is 0.158. The first-order valence-corrected chi connectivity index (χ1v) is 12.7. The maximum absolute atomic E-state index is 11.6. The number of nitrogens with zero attached hydrogens (tertiary/aromatic N) is 1. The van der Waals surface area contributed by atoms with Crippen molar-refractivity contribution < 1.29 is 27.7 Å². The van der Waals surface area contributed by atoms with E-state index in [1.54, 1.807) is 0 Å². The molecule has 0 N–H and O–H groups in total. The van der Waals surface area contributed by atoms with Gasteiger partial charge in [-0.3, -0.25) is 4.57 Å². The number of hydrogen-bond donors (Lipinski definition) is 0. The molecule has 0 heterocycles. The Morgan fingerprint density at radius 3 is 1.61 bits per heavy atom. The summed E-state index contributed by atoms with van der Waals surface area (Å²) in [5, 5.41) is 0. The molecular weight excluding hydrogens is 377 g/mol. The highest BCUT2D eigenvalue weighted by molar-refractivity contribution is 7.45. The Morgan fingerprint density at radius 2 is 1.11 bits per heavy atom. The van der Waals surface area contributed by atoms with Crippen molar-refractivity contribution >= 4 is 7.82 Å². The third-order valence-corrected chi connectivity index (χ3v) is 5.58. The number of quaternary nitrogens is 1. The minimum atomic E-state index is -4.14. The van der Waals surface area contributed by atoms with E-state index in [9.17, 15) is 9.46 Å². The third-order valence-electron chi connectivity index (χ3n) is 4.59. The molecule has 0 aromatic carbocycles. The molecule has 0 aromatic rings. The fourth-order valence-electron chi connectivity index (χ4n) is 2.74. The van der Waals surface area contributed by atoms with Crippen LogP contribution in [-0.4, -0.2) is 58.6 Å². The normalized spacial score (nSPS) is 14.3. The van der Waals surface area contributed by atoms with Crippen molar-refractivity contribution in [3.63, 3.8) is 0 Å². The zero-order chi connectivity index (χ0) is 21.1. The van der Waals surface area contributed by atoms with Crippen LogP contribution in [0.2, 0.25) is 0 Å². The van der Waals surface area contributed by atoms with E-state index in [0.29, 0.717) is 11.0 Å². The molecule has 0 aliphatic heterocycles. The second-order valence-electron chi connectivity index (χ2n) is 8.63. The second-order valence-corrected chi connectivity index (χ2v) is 10.0. The highest BCUT2D eigenvalue weighted by Gasteiger charge is 2.12. The van der Waals surface area contributed by atoms with Gasteiger partial charge in [-0.2, -0.15) is 0 Å². The topological polar surface area (TPSA) is 67.8 Å². The fourth-order valence-corrected chi connectivity index (χ4v) is 3.47. The molecule has 0 amide bonds. The smallest absolute Gasteiger partial charge is 0.268 e. The predicted molar refractivity (Wildman–Crippen MR) is 114 cm³/mol. The van der Waals surface area contributed by atoms with E-state index in [2.05, 4.69) is 6.92 Å². The number of hydrogen-bond acceptors (Lipinski definition) is 5. The molecule has 0 bridgehead atoms. The average molecular weight is 424 g/mol. The van der Waals surface area contributed by atoms with E-state index in [1.807, 2.05) is 21.1 Å². The van der Waals surface area contributed by atoms with Crippen molar-refractivity contribution in [1.82, 2.24) is 0 Å². The van der Waals surface area contributed by atoms with Crippen molar-refractivity contribution in [3.8, 4) is 0 Å². The number of phosphoric ester groups is 1. The molecule has 0 aliphatic carbocycles. The van der Waals surface area contributed by atoms with Gasteiger partial charge in [-0.1, -0.05) is 64.7 Å². The van der Waals surface area contributed by atoms with Crippen molar-refractivity contribution in [2.75, 3.05) is 54.1 Å². The van der Waals surface area contributed by atoms with Crippen LogP contribution in [0.4, 0.5) is 0 Å². The Hall–Kier alpha value is 0.0300. The summed E-state index contributed by atoms with van der Waals surface area (Å²) < 4.78 is 27.7. The highest BCUT2D eigenvalue weighted by atomic mass is 31.2. The largest absolute Gasteiger partial charge is 0.756 e. The van der Waals surface area contributed by atoms with Crippen LogP contribution in [0, 0.1) is 0 Å². The monoisotopic (exact) mass is 423 g/mol. The van der Waals surface area contributed by atoms with Crippen LogP contribution in [0.3, 0.4) is 0 Å². The summed E-state index contributed by atoms with van der Waals surface area (Å²) in [4.78, 5) is 11.6. The van der Waals surface area contributed by atoms with Crippen LogP contribution in [0.5, 0.6) is 0 Å². The minimum Gasteiger partial charge on any atom is -0.756 e. The van der Waals surface area contributed by atoms with Crippen LogP contribution in [0.1, 0.15) is 84.0 Å². The first-order valence-electron chi connectivity index (χ1n) is 11.2. The molecule has 170 valence electrons. The molecule has 0 radical (unpaired) electrons. The summed E-state index contributed by atoms with van der Waals surface area (Å²) in [5.74, 6) is 0. The first kappa shape index (κ1) is 28.0. The van der Waals surface area contributed by atoms with E-state index >= 15 is 0 Å². The molecule has 1 atom stereocenters. The Kier molecular flexibility index (Phi) is 17.9. The second kappa shape index (κ2) is 17.9. The zero-order valence-corrected chi connectivity index (χ0v) is 19.9. The lowest BCUT2D eigenvalue weighted by atomic mass is 10.1. The summed E-state index contributed by atoms with van der Waals surface area (Å²) in [6, 6.07) is 0. The maximum Gasteiger partial charge on any atom is 0.268 e. The summed E-state index contributed by atoms with van der Waals surface area (Å²) in [6.45, 7) is 5.00. The molecule has 6 nitrogen and oxygen atoms in total. The van der Waals surface area contributed by atoms with E-state index in [1.165, 1.54) is 44.9 Å². The summed E-state index contributed by atoms with van der Waals surface area (Å²) >= 11 is 0. The van der Waals surface area contributed by atoms with Gasteiger partial charge in [0.25, 0.3) is 7.82 Å². The van der Waals surface area contributed by atoms with Crippen molar-refractivity contribution in [1.29, 1.82) is 0 Å².